The van der Waals surface area contributed by atoms with Crippen LogP contribution in [0.4, 0.5) is 10.5 Å². The lowest BCUT2D eigenvalue weighted by Gasteiger charge is -2.15. The number of phenols is 1. The standard InChI is InChI=1S/C25H32N2O6/c1-17(13-18(2)24(30)31)14-20-10-11-22(28)21(15-20)27-23(29)9-6-12-26-25(32)33-16-19-7-4-3-5-8-19/h3-5,7-8,10-11,15,17-18,28H,6,9,12-14,16H2,1-2H3,(H,26,32)(H,27,29)(H,30,31)/t17-,18?/m1/s1. The fourth-order valence-corrected chi connectivity index (χ4v) is 3.43. The van der Waals surface area contributed by atoms with Crippen LogP contribution < -0.4 is 10.6 Å². The summed E-state index contributed by atoms with van der Waals surface area (Å²) in [6.07, 6.45) is 1.21. The molecule has 4 N–H and O–H groups in total. The summed E-state index contributed by atoms with van der Waals surface area (Å²) in [6.45, 7) is 4.12. The molecule has 2 amide bonds. The van der Waals surface area contributed by atoms with E-state index in [0.717, 1.165) is 11.1 Å². The van der Waals surface area contributed by atoms with Gasteiger partial charge in [-0.2, -0.15) is 0 Å². The molecule has 1 unspecified atom stereocenters. The zero-order valence-corrected chi connectivity index (χ0v) is 19.0. The number of carbonyl (C=O) groups is 3. The maximum Gasteiger partial charge on any atom is 0.407 e. The van der Waals surface area contributed by atoms with Gasteiger partial charge in [0.05, 0.1) is 11.6 Å². The number of ether oxygens (including phenoxy) is 1. The number of benzene rings is 2. The number of carboxylic acid groups (broad SMARTS) is 1. The van der Waals surface area contributed by atoms with E-state index in [9.17, 15) is 19.5 Å². The largest absolute Gasteiger partial charge is 0.506 e. The first-order valence-electron chi connectivity index (χ1n) is 11.0. The number of amides is 2. The Kier molecular flexibility index (Phi) is 10.2. The van der Waals surface area contributed by atoms with Crippen LogP contribution >= 0.6 is 0 Å². The highest BCUT2D eigenvalue weighted by Crippen LogP contribution is 2.27. The summed E-state index contributed by atoms with van der Waals surface area (Å²) in [5.41, 5.74) is 2.10. The van der Waals surface area contributed by atoms with Crippen LogP contribution in [0, 0.1) is 11.8 Å². The molecule has 0 saturated carbocycles. The topological polar surface area (TPSA) is 125 Å². The van der Waals surface area contributed by atoms with Crippen molar-refractivity contribution >= 4 is 23.7 Å². The Morgan fingerprint density at radius 1 is 1.03 bits per heavy atom. The van der Waals surface area contributed by atoms with E-state index in [2.05, 4.69) is 10.6 Å². The van der Waals surface area contributed by atoms with Crippen molar-refractivity contribution in [3.8, 4) is 5.75 Å². The second-order valence-electron chi connectivity index (χ2n) is 8.28. The van der Waals surface area contributed by atoms with Gasteiger partial charge >= 0.3 is 12.1 Å². The zero-order valence-electron chi connectivity index (χ0n) is 19.0. The van der Waals surface area contributed by atoms with E-state index in [1.807, 2.05) is 37.3 Å². The second kappa shape index (κ2) is 13.1. The van der Waals surface area contributed by atoms with Gasteiger partial charge in [0.25, 0.3) is 0 Å². The minimum absolute atomic E-state index is 0.0405. The number of nitrogens with one attached hydrogen (secondary N) is 2. The van der Waals surface area contributed by atoms with Crippen molar-refractivity contribution < 1.29 is 29.3 Å². The van der Waals surface area contributed by atoms with E-state index in [4.69, 9.17) is 9.84 Å². The molecular weight excluding hydrogens is 424 g/mol. The monoisotopic (exact) mass is 456 g/mol. The average molecular weight is 457 g/mol. The van der Waals surface area contributed by atoms with Crippen molar-refractivity contribution in [3.05, 3.63) is 59.7 Å². The summed E-state index contributed by atoms with van der Waals surface area (Å²) in [7, 11) is 0. The van der Waals surface area contributed by atoms with Crippen LogP contribution in [0.3, 0.4) is 0 Å². The smallest absolute Gasteiger partial charge is 0.407 e. The summed E-state index contributed by atoms with van der Waals surface area (Å²) in [4.78, 5) is 35.0. The number of aromatic hydroxyl groups is 1. The predicted molar refractivity (Wildman–Crippen MR) is 125 cm³/mol. The summed E-state index contributed by atoms with van der Waals surface area (Å²) in [5.74, 6) is -1.44. The summed E-state index contributed by atoms with van der Waals surface area (Å²) in [5, 5.41) is 24.4. The third-order valence-electron chi connectivity index (χ3n) is 5.16. The summed E-state index contributed by atoms with van der Waals surface area (Å²) in [6, 6.07) is 14.3. The Balaban J connectivity index is 1.72. The fourth-order valence-electron chi connectivity index (χ4n) is 3.43. The zero-order chi connectivity index (χ0) is 24.2. The normalized spacial score (nSPS) is 12.4. The van der Waals surface area contributed by atoms with Gasteiger partial charge in [-0.1, -0.05) is 50.2 Å². The van der Waals surface area contributed by atoms with Crippen molar-refractivity contribution in [3.63, 3.8) is 0 Å². The SMILES string of the molecule is CC(C[C@@H](C)Cc1ccc(O)c(NC(=O)CCCNC(=O)OCc2ccccc2)c1)C(=O)O. The number of rotatable bonds is 12. The van der Waals surface area contributed by atoms with Crippen LogP contribution in [-0.2, 0) is 27.4 Å². The molecule has 2 aromatic carbocycles. The highest BCUT2D eigenvalue weighted by atomic mass is 16.5. The van der Waals surface area contributed by atoms with E-state index in [1.165, 1.54) is 6.07 Å². The minimum Gasteiger partial charge on any atom is -0.506 e. The Hall–Kier alpha value is -3.55. The fraction of sp³-hybridized carbons (Fsp3) is 0.400. The van der Waals surface area contributed by atoms with E-state index in [-0.39, 0.29) is 37.1 Å². The number of carbonyl (C=O) groups excluding carboxylic acids is 2. The molecule has 0 aliphatic carbocycles. The lowest BCUT2D eigenvalue weighted by atomic mass is 9.91. The number of carboxylic acids is 1. The van der Waals surface area contributed by atoms with Crippen molar-refractivity contribution in [2.24, 2.45) is 11.8 Å². The molecule has 8 nitrogen and oxygen atoms in total. The van der Waals surface area contributed by atoms with Crippen LogP contribution in [0.25, 0.3) is 0 Å². The molecule has 0 aliphatic rings. The Labute approximate surface area is 194 Å². The van der Waals surface area contributed by atoms with Crippen LogP contribution in [0.1, 0.15) is 44.2 Å². The van der Waals surface area contributed by atoms with E-state index in [1.54, 1.807) is 19.1 Å². The molecule has 2 atom stereocenters. The van der Waals surface area contributed by atoms with E-state index < -0.39 is 18.0 Å². The van der Waals surface area contributed by atoms with Gasteiger partial charge in [-0.3, -0.25) is 9.59 Å². The third kappa shape index (κ3) is 9.64. The van der Waals surface area contributed by atoms with Gasteiger partial charge < -0.3 is 25.6 Å². The van der Waals surface area contributed by atoms with Gasteiger partial charge in [0, 0.05) is 13.0 Å². The van der Waals surface area contributed by atoms with E-state index in [0.29, 0.717) is 24.9 Å². The Bertz CT molecular complexity index is 932. The molecule has 0 radical (unpaired) electrons. The van der Waals surface area contributed by atoms with Crippen LogP contribution in [0.2, 0.25) is 0 Å². The van der Waals surface area contributed by atoms with Crippen molar-refractivity contribution in [2.45, 2.75) is 46.1 Å². The Morgan fingerprint density at radius 3 is 2.45 bits per heavy atom. The molecule has 2 rings (SSSR count). The number of anilines is 1. The number of hydrogen-bond acceptors (Lipinski definition) is 5. The Morgan fingerprint density at radius 2 is 1.76 bits per heavy atom. The molecule has 0 spiro atoms. The van der Waals surface area contributed by atoms with Crippen LogP contribution in [0.5, 0.6) is 5.75 Å². The van der Waals surface area contributed by atoms with Crippen molar-refractivity contribution in [1.29, 1.82) is 0 Å². The van der Waals surface area contributed by atoms with Gasteiger partial charge in [0.2, 0.25) is 5.91 Å². The molecule has 178 valence electrons. The first-order valence-corrected chi connectivity index (χ1v) is 11.0. The lowest BCUT2D eigenvalue weighted by molar-refractivity contribution is -0.141. The minimum atomic E-state index is -0.820. The summed E-state index contributed by atoms with van der Waals surface area (Å²) < 4.78 is 5.11. The highest BCUT2D eigenvalue weighted by molar-refractivity contribution is 5.92. The van der Waals surface area contributed by atoms with Crippen molar-refractivity contribution in [2.75, 3.05) is 11.9 Å². The lowest BCUT2D eigenvalue weighted by Crippen LogP contribution is -2.26. The van der Waals surface area contributed by atoms with Gasteiger partial charge in [-0.25, -0.2) is 4.79 Å². The van der Waals surface area contributed by atoms with E-state index >= 15 is 0 Å². The van der Waals surface area contributed by atoms with Gasteiger partial charge in [0.1, 0.15) is 12.4 Å². The summed E-state index contributed by atoms with van der Waals surface area (Å²) >= 11 is 0. The maximum atomic E-state index is 12.2. The molecule has 0 aliphatic heterocycles. The number of alkyl carbamates (subject to hydrolysis) is 1. The molecule has 2 aromatic rings. The average Bonchev–Trinajstić information content (AvgIpc) is 2.78. The maximum absolute atomic E-state index is 12.2. The van der Waals surface area contributed by atoms with Gasteiger partial charge in [-0.15, -0.1) is 0 Å². The molecule has 0 heterocycles. The third-order valence-corrected chi connectivity index (χ3v) is 5.16. The first kappa shape index (κ1) is 25.7. The highest BCUT2D eigenvalue weighted by Gasteiger charge is 2.16. The number of aliphatic carboxylic acids is 1. The molecule has 0 saturated heterocycles. The molecule has 0 aromatic heterocycles. The molecular formula is C25H32N2O6. The predicted octanol–water partition coefficient (Wildman–Crippen LogP) is 4.33. The van der Waals surface area contributed by atoms with Gasteiger partial charge in [-0.05, 0) is 48.4 Å². The number of phenolic OH excluding ortho intramolecular Hbond substituents is 1. The molecule has 0 fully saturated rings. The number of hydrogen-bond donors (Lipinski definition) is 4. The quantitative estimate of drug-likeness (QED) is 0.278. The second-order valence-corrected chi connectivity index (χ2v) is 8.28. The molecule has 8 heteroatoms. The van der Waals surface area contributed by atoms with Crippen LogP contribution in [-0.4, -0.2) is 34.7 Å². The van der Waals surface area contributed by atoms with Crippen molar-refractivity contribution in [1.82, 2.24) is 5.32 Å². The van der Waals surface area contributed by atoms with Gasteiger partial charge in [0.15, 0.2) is 0 Å². The first-order chi connectivity index (χ1) is 15.7. The van der Waals surface area contributed by atoms with Crippen LogP contribution in [0.15, 0.2) is 48.5 Å². The molecule has 33 heavy (non-hydrogen) atoms. The molecule has 0 bridgehead atoms.